The molecule has 0 saturated carbocycles. The van der Waals surface area contributed by atoms with Gasteiger partial charge in [-0.25, -0.2) is 4.68 Å². The molecule has 1 unspecified atom stereocenters. The molecule has 4 rings (SSSR count). The van der Waals surface area contributed by atoms with Crippen molar-refractivity contribution < 1.29 is 14.3 Å². The third-order valence-electron chi connectivity index (χ3n) is 6.23. The molecule has 1 heterocycles. The lowest BCUT2D eigenvalue weighted by atomic mass is 10.0. The monoisotopic (exact) mass is 499 g/mol. The minimum atomic E-state index is -0.808. The van der Waals surface area contributed by atoms with E-state index in [-0.39, 0.29) is 24.9 Å². The molecule has 0 saturated heterocycles. The predicted octanol–water partition coefficient (Wildman–Crippen LogP) is 4.37. The Labute approximate surface area is 217 Å². The van der Waals surface area contributed by atoms with Crippen molar-refractivity contribution >= 4 is 22.8 Å². The number of nitrogens with zero attached hydrogens (tertiary/aromatic N) is 4. The van der Waals surface area contributed by atoms with E-state index in [9.17, 15) is 9.59 Å². The SMILES string of the molecule is COc1ccc(CN(C(=O)Cn2nnc3ccccc32)C(C(=O)NCCC(C)C)c2ccccc2)cc1. The fourth-order valence-electron chi connectivity index (χ4n) is 4.19. The molecule has 0 aliphatic heterocycles. The maximum atomic E-state index is 13.9. The number of ether oxygens (including phenoxy) is 1. The van der Waals surface area contributed by atoms with Crippen LogP contribution in [-0.2, 0) is 22.7 Å². The number of amides is 2. The van der Waals surface area contributed by atoms with Crippen LogP contribution in [0.3, 0.4) is 0 Å². The molecule has 0 radical (unpaired) electrons. The summed E-state index contributed by atoms with van der Waals surface area (Å²) in [5, 5.41) is 11.4. The topological polar surface area (TPSA) is 89.3 Å². The van der Waals surface area contributed by atoms with Crippen molar-refractivity contribution in [1.82, 2.24) is 25.2 Å². The summed E-state index contributed by atoms with van der Waals surface area (Å²) in [5.41, 5.74) is 3.10. The van der Waals surface area contributed by atoms with Crippen molar-refractivity contribution in [2.24, 2.45) is 5.92 Å². The van der Waals surface area contributed by atoms with Crippen LogP contribution in [-0.4, -0.2) is 45.4 Å². The van der Waals surface area contributed by atoms with Gasteiger partial charge in [-0.15, -0.1) is 5.10 Å². The Kier molecular flexibility index (Phi) is 8.51. The average Bonchev–Trinajstić information content (AvgIpc) is 3.31. The number of hydrogen-bond donors (Lipinski definition) is 1. The van der Waals surface area contributed by atoms with Crippen LogP contribution in [0.4, 0.5) is 0 Å². The summed E-state index contributed by atoms with van der Waals surface area (Å²) in [6.07, 6.45) is 0.852. The maximum Gasteiger partial charge on any atom is 0.247 e. The van der Waals surface area contributed by atoms with Crippen LogP contribution >= 0.6 is 0 Å². The Morgan fingerprint density at radius 2 is 1.68 bits per heavy atom. The molecular formula is C29H33N5O3. The van der Waals surface area contributed by atoms with Crippen LogP contribution < -0.4 is 10.1 Å². The summed E-state index contributed by atoms with van der Waals surface area (Å²) < 4.78 is 6.87. The van der Waals surface area contributed by atoms with Crippen LogP contribution in [0.15, 0.2) is 78.9 Å². The number of aromatic nitrogens is 3. The lowest BCUT2D eigenvalue weighted by Gasteiger charge is -2.32. The van der Waals surface area contributed by atoms with Gasteiger partial charge < -0.3 is 15.0 Å². The van der Waals surface area contributed by atoms with E-state index in [1.165, 1.54) is 0 Å². The molecule has 1 atom stereocenters. The second-order valence-corrected chi connectivity index (χ2v) is 9.39. The van der Waals surface area contributed by atoms with Crippen LogP contribution in [0.5, 0.6) is 5.75 Å². The van der Waals surface area contributed by atoms with Gasteiger partial charge in [0.05, 0.1) is 12.6 Å². The van der Waals surface area contributed by atoms with Crippen molar-refractivity contribution in [2.75, 3.05) is 13.7 Å². The molecular weight excluding hydrogens is 466 g/mol. The molecule has 0 fully saturated rings. The minimum Gasteiger partial charge on any atom is -0.497 e. The lowest BCUT2D eigenvalue weighted by Crippen LogP contribution is -2.45. The molecule has 0 bridgehead atoms. The molecule has 8 nitrogen and oxygen atoms in total. The third-order valence-corrected chi connectivity index (χ3v) is 6.23. The van der Waals surface area contributed by atoms with E-state index in [1.807, 2.05) is 78.9 Å². The zero-order chi connectivity index (χ0) is 26.2. The van der Waals surface area contributed by atoms with Gasteiger partial charge in [-0.05, 0) is 47.7 Å². The van der Waals surface area contributed by atoms with Crippen molar-refractivity contribution in [2.45, 2.75) is 39.4 Å². The highest BCUT2D eigenvalue weighted by Crippen LogP contribution is 2.25. The Hall–Kier alpha value is -4.20. The highest BCUT2D eigenvalue weighted by molar-refractivity contribution is 5.89. The van der Waals surface area contributed by atoms with Crippen LogP contribution in [0.25, 0.3) is 11.0 Å². The standard InChI is InChI=1S/C29H33N5O3/c1-21(2)17-18-30-29(36)28(23-9-5-4-6-10-23)33(19-22-13-15-24(37-3)16-14-22)27(35)20-34-26-12-8-7-11-25(26)31-32-34/h4-16,21,28H,17-20H2,1-3H3,(H,30,36). The van der Waals surface area contributed by atoms with Gasteiger partial charge >= 0.3 is 0 Å². The Morgan fingerprint density at radius 3 is 2.38 bits per heavy atom. The molecule has 1 aromatic heterocycles. The van der Waals surface area contributed by atoms with Gasteiger partial charge in [0.2, 0.25) is 11.8 Å². The zero-order valence-corrected chi connectivity index (χ0v) is 21.5. The first-order valence-electron chi connectivity index (χ1n) is 12.5. The molecule has 8 heteroatoms. The number of benzene rings is 3. The Balaban J connectivity index is 1.69. The summed E-state index contributed by atoms with van der Waals surface area (Å²) in [7, 11) is 1.61. The second-order valence-electron chi connectivity index (χ2n) is 9.39. The summed E-state index contributed by atoms with van der Waals surface area (Å²) in [6.45, 7) is 4.97. The van der Waals surface area contributed by atoms with Crippen molar-refractivity contribution in [3.8, 4) is 5.75 Å². The maximum absolute atomic E-state index is 13.9. The van der Waals surface area contributed by atoms with Gasteiger partial charge in [0.1, 0.15) is 23.9 Å². The first-order valence-corrected chi connectivity index (χ1v) is 12.5. The Morgan fingerprint density at radius 1 is 0.973 bits per heavy atom. The van der Waals surface area contributed by atoms with Crippen LogP contribution in [0, 0.1) is 5.92 Å². The lowest BCUT2D eigenvalue weighted by molar-refractivity contribution is -0.142. The van der Waals surface area contributed by atoms with E-state index < -0.39 is 6.04 Å². The van der Waals surface area contributed by atoms with Gasteiger partial charge in [0.15, 0.2) is 0 Å². The fraction of sp³-hybridized carbons (Fsp3) is 0.310. The number of hydrogen-bond acceptors (Lipinski definition) is 5. The van der Waals surface area contributed by atoms with E-state index in [2.05, 4.69) is 29.5 Å². The van der Waals surface area contributed by atoms with E-state index in [0.717, 1.165) is 28.8 Å². The molecule has 0 spiro atoms. The number of fused-ring (bicyclic) bond motifs is 1. The summed E-state index contributed by atoms with van der Waals surface area (Å²) >= 11 is 0. The first-order chi connectivity index (χ1) is 18.0. The normalized spacial score (nSPS) is 11.9. The molecule has 192 valence electrons. The van der Waals surface area contributed by atoms with Crippen molar-refractivity contribution in [3.05, 3.63) is 90.0 Å². The smallest absolute Gasteiger partial charge is 0.247 e. The molecule has 0 aliphatic rings. The van der Waals surface area contributed by atoms with Crippen molar-refractivity contribution in [1.29, 1.82) is 0 Å². The van der Waals surface area contributed by atoms with E-state index in [4.69, 9.17) is 4.74 Å². The molecule has 4 aromatic rings. The second kappa shape index (κ2) is 12.2. The van der Waals surface area contributed by atoms with E-state index in [1.54, 1.807) is 16.7 Å². The van der Waals surface area contributed by atoms with Crippen LogP contribution in [0.2, 0.25) is 0 Å². The highest BCUT2D eigenvalue weighted by atomic mass is 16.5. The number of rotatable bonds is 11. The zero-order valence-electron chi connectivity index (χ0n) is 21.5. The largest absolute Gasteiger partial charge is 0.497 e. The number of carbonyl (C=O) groups excluding carboxylic acids is 2. The van der Waals surface area contributed by atoms with Gasteiger partial charge in [-0.1, -0.05) is 73.7 Å². The highest BCUT2D eigenvalue weighted by Gasteiger charge is 2.32. The predicted molar refractivity (Wildman–Crippen MR) is 143 cm³/mol. The minimum absolute atomic E-state index is 0.0424. The summed E-state index contributed by atoms with van der Waals surface area (Å²) in [4.78, 5) is 29.2. The third kappa shape index (κ3) is 6.52. The molecule has 3 aromatic carbocycles. The van der Waals surface area contributed by atoms with Gasteiger partial charge in [0.25, 0.3) is 0 Å². The average molecular weight is 500 g/mol. The van der Waals surface area contributed by atoms with Crippen molar-refractivity contribution in [3.63, 3.8) is 0 Å². The quantitative estimate of drug-likeness (QED) is 0.331. The van der Waals surface area contributed by atoms with Gasteiger partial charge in [-0.3, -0.25) is 9.59 Å². The van der Waals surface area contributed by atoms with Crippen LogP contribution in [0.1, 0.15) is 37.4 Å². The fourth-order valence-corrected chi connectivity index (χ4v) is 4.19. The first kappa shape index (κ1) is 25.9. The molecule has 37 heavy (non-hydrogen) atoms. The van der Waals surface area contributed by atoms with Gasteiger partial charge in [0, 0.05) is 13.1 Å². The number of para-hydroxylation sites is 1. The van der Waals surface area contributed by atoms with E-state index >= 15 is 0 Å². The van der Waals surface area contributed by atoms with Gasteiger partial charge in [-0.2, -0.15) is 0 Å². The summed E-state index contributed by atoms with van der Waals surface area (Å²) in [6, 6.07) is 23.6. The molecule has 1 N–H and O–H groups in total. The Bertz CT molecular complexity index is 1320. The number of carbonyl (C=O) groups is 2. The molecule has 0 aliphatic carbocycles. The van der Waals surface area contributed by atoms with E-state index in [0.29, 0.717) is 18.0 Å². The summed E-state index contributed by atoms with van der Waals surface area (Å²) in [5.74, 6) is 0.728. The number of nitrogens with one attached hydrogen (secondary N) is 1. The molecule has 2 amide bonds. The number of methoxy groups -OCH3 is 1.